The normalized spacial score (nSPS) is 24.8. The third-order valence-electron chi connectivity index (χ3n) is 3.18. The highest BCUT2D eigenvalue weighted by Gasteiger charge is 2.21. The topological polar surface area (TPSA) is 32.3 Å². The van der Waals surface area contributed by atoms with Crippen LogP contribution >= 0.6 is 0 Å². The summed E-state index contributed by atoms with van der Waals surface area (Å²) >= 11 is 0. The summed E-state index contributed by atoms with van der Waals surface area (Å²) in [7, 11) is 0. The van der Waals surface area contributed by atoms with Crippen LogP contribution in [0.15, 0.2) is 24.3 Å². The second-order valence-electron chi connectivity index (χ2n) is 4.98. The van der Waals surface area contributed by atoms with Gasteiger partial charge in [0.2, 0.25) is 0 Å². The minimum Gasteiger partial charge on any atom is -0.368 e. The summed E-state index contributed by atoms with van der Waals surface area (Å²) in [6.07, 6.45) is 0. The zero-order chi connectivity index (χ0) is 12.4. The van der Waals surface area contributed by atoms with Crippen LogP contribution in [-0.2, 0) is 0 Å². The number of carbonyl (C=O) groups excluding carboxylic acids is 1. The first-order valence-corrected chi connectivity index (χ1v) is 6.18. The molecule has 3 nitrogen and oxygen atoms in total. The molecule has 2 rings (SSSR count). The molecule has 92 valence electrons. The monoisotopic (exact) mass is 232 g/mol. The third kappa shape index (κ3) is 2.86. The van der Waals surface area contributed by atoms with E-state index in [9.17, 15) is 4.79 Å². The Kier molecular flexibility index (Phi) is 3.48. The highest BCUT2D eigenvalue weighted by Crippen LogP contribution is 2.19. The Morgan fingerprint density at radius 2 is 1.94 bits per heavy atom. The smallest absolute Gasteiger partial charge is 0.159 e. The van der Waals surface area contributed by atoms with Crippen molar-refractivity contribution in [2.45, 2.75) is 32.9 Å². The molecule has 0 spiro atoms. The highest BCUT2D eigenvalue weighted by molar-refractivity contribution is 5.94. The molecule has 0 aliphatic carbocycles. The molecule has 2 unspecified atom stereocenters. The highest BCUT2D eigenvalue weighted by atomic mass is 16.1. The van der Waals surface area contributed by atoms with E-state index < -0.39 is 0 Å². The molecule has 3 heteroatoms. The van der Waals surface area contributed by atoms with Crippen molar-refractivity contribution in [3.05, 3.63) is 29.8 Å². The lowest BCUT2D eigenvalue weighted by atomic mass is 10.1. The summed E-state index contributed by atoms with van der Waals surface area (Å²) in [6.45, 7) is 7.98. The molecule has 0 radical (unpaired) electrons. The number of carbonyl (C=O) groups is 1. The largest absolute Gasteiger partial charge is 0.368 e. The fraction of sp³-hybridized carbons (Fsp3) is 0.500. The van der Waals surface area contributed by atoms with Gasteiger partial charge >= 0.3 is 0 Å². The number of anilines is 1. The average Bonchev–Trinajstić information content (AvgIpc) is 2.28. The molecule has 0 amide bonds. The Bertz CT molecular complexity index is 406. The number of Topliss-reactive ketones (excluding diaryl/α,β-unsaturated/α-hetero) is 1. The first kappa shape index (κ1) is 12.1. The minimum atomic E-state index is 0.128. The average molecular weight is 232 g/mol. The summed E-state index contributed by atoms with van der Waals surface area (Å²) in [6, 6.07) is 8.88. The number of benzene rings is 1. The van der Waals surface area contributed by atoms with Crippen molar-refractivity contribution in [3.63, 3.8) is 0 Å². The third-order valence-corrected chi connectivity index (χ3v) is 3.18. The minimum absolute atomic E-state index is 0.128. The van der Waals surface area contributed by atoms with E-state index in [-0.39, 0.29) is 5.78 Å². The molecular weight excluding hydrogens is 212 g/mol. The predicted molar refractivity (Wildman–Crippen MR) is 70.7 cm³/mol. The fourth-order valence-corrected chi connectivity index (χ4v) is 2.46. The predicted octanol–water partition coefficient (Wildman–Crippen LogP) is 2.08. The molecule has 1 saturated heterocycles. The Hall–Kier alpha value is -1.35. The molecule has 1 fully saturated rings. The molecule has 0 saturated carbocycles. The van der Waals surface area contributed by atoms with Crippen LogP contribution in [0.5, 0.6) is 0 Å². The number of nitrogens with zero attached hydrogens (tertiary/aromatic N) is 1. The van der Waals surface area contributed by atoms with Gasteiger partial charge in [-0.3, -0.25) is 4.79 Å². The Balaban J connectivity index is 2.21. The lowest BCUT2D eigenvalue weighted by Crippen LogP contribution is -2.54. The standard InChI is InChI=1S/C14H20N2O/c1-10-8-16(9-11(2)15-10)14-6-4-5-13(7-14)12(3)17/h4-7,10-11,15H,8-9H2,1-3H3. The van der Waals surface area contributed by atoms with Gasteiger partial charge in [0, 0.05) is 36.4 Å². The van der Waals surface area contributed by atoms with E-state index in [1.54, 1.807) is 6.92 Å². The van der Waals surface area contributed by atoms with Gasteiger partial charge in [0.25, 0.3) is 0 Å². The summed E-state index contributed by atoms with van der Waals surface area (Å²) in [5.41, 5.74) is 1.94. The second-order valence-corrected chi connectivity index (χ2v) is 4.98. The molecule has 2 atom stereocenters. The fourth-order valence-electron chi connectivity index (χ4n) is 2.46. The number of ketones is 1. The van der Waals surface area contributed by atoms with Crippen LogP contribution in [0.25, 0.3) is 0 Å². The first-order chi connectivity index (χ1) is 8.06. The summed E-state index contributed by atoms with van der Waals surface area (Å²) in [4.78, 5) is 13.7. The quantitative estimate of drug-likeness (QED) is 0.792. The van der Waals surface area contributed by atoms with E-state index in [0.29, 0.717) is 12.1 Å². The van der Waals surface area contributed by atoms with Crippen molar-refractivity contribution in [1.82, 2.24) is 5.32 Å². The van der Waals surface area contributed by atoms with Crippen LogP contribution in [0, 0.1) is 0 Å². The zero-order valence-corrected chi connectivity index (χ0v) is 10.7. The lowest BCUT2D eigenvalue weighted by Gasteiger charge is -2.37. The Morgan fingerprint density at radius 3 is 2.53 bits per heavy atom. The van der Waals surface area contributed by atoms with Crippen LogP contribution in [0.1, 0.15) is 31.1 Å². The summed E-state index contributed by atoms with van der Waals surface area (Å²) in [5.74, 6) is 0.128. The van der Waals surface area contributed by atoms with Gasteiger partial charge in [-0.15, -0.1) is 0 Å². The molecule has 1 N–H and O–H groups in total. The molecule has 1 aromatic carbocycles. The number of piperazine rings is 1. The van der Waals surface area contributed by atoms with E-state index in [2.05, 4.69) is 30.1 Å². The zero-order valence-electron chi connectivity index (χ0n) is 10.7. The number of hydrogen-bond donors (Lipinski definition) is 1. The van der Waals surface area contributed by atoms with Crippen molar-refractivity contribution >= 4 is 11.5 Å². The molecular formula is C14H20N2O. The van der Waals surface area contributed by atoms with Gasteiger partial charge < -0.3 is 10.2 Å². The van der Waals surface area contributed by atoms with Gasteiger partial charge in [0.15, 0.2) is 5.78 Å². The molecule has 1 aromatic rings. The van der Waals surface area contributed by atoms with Crippen molar-refractivity contribution in [1.29, 1.82) is 0 Å². The maximum atomic E-state index is 11.4. The number of nitrogens with one attached hydrogen (secondary N) is 1. The maximum Gasteiger partial charge on any atom is 0.159 e. The van der Waals surface area contributed by atoms with Crippen LogP contribution in [0.4, 0.5) is 5.69 Å². The first-order valence-electron chi connectivity index (χ1n) is 6.18. The van der Waals surface area contributed by atoms with Crippen molar-refractivity contribution in [2.24, 2.45) is 0 Å². The van der Waals surface area contributed by atoms with E-state index in [4.69, 9.17) is 0 Å². The van der Waals surface area contributed by atoms with Crippen molar-refractivity contribution in [3.8, 4) is 0 Å². The van der Waals surface area contributed by atoms with Gasteiger partial charge in [-0.05, 0) is 32.9 Å². The molecule has 0 aromatic heterocycles. The molecule has 0 bridgehead atoms. The summed E-state index contributed by atoms with van der Waals surface area (Å²) in [5, 5.41) is 3.51. The van der Waals surface area contributed by atoms with Gasteiger partial charge in [-0.1, -0.05) is 12.1 Å². The van der Waals surface area contributed by atoms with E-state index >= 15 is 0 Å². The Labute approximate surface area is 103 Å². The number of hydrogen-bond acceptors (Lipinski definition) is 3. The molecule has 1 aliphatic heterocycles. The summed E-state index contributed by atoms with van der Waals surface area (Å²) < 4.78 is 0. The van der Waals surface area contributed by atoms with E-state index in [0.717, 1.165) is 24.3 Å². The van der Waals surface area contributed by atoms with Crippen LogP contribution in [-0.4, -0.2) is 31.0 Å². The number of rotatable bonds is 2. The molecule has 17 heavy (non-hydrogen) atoms. The molecule has 1 aliphatic rings. The van der Waals surface area contributed by atoms with E-state index in [1.165, 1.54) is 0 Å². The van der Waals surface area contributed by atoms with Gasteiger partial charge in [-0.2, -0.15) is 0 Å². The van der Waals surface area contributed by atoms with Crippen LogP contribution in [0.2, 0.25) is 0 Å². The maximum absolute atomic E-state index is 11.4. The van der Waals surface area contributed by atoms with Gasteiger partial charge in [0.1, 0.15) is 0 Å². The van der Waals surface area contributed by atoms with E-state index in [1.807, 2.05) is 18.2 Å². The van der Waals surface area contributed by atoms with Gasteiger partial charge in [0.05, 0.1) is 0 Å². The van der Waals surface area contributed by atoms with Crippen molar-refractivity contribution < 1.29 is 4.79 Å². The van der Waals surface area contributed by atoms with Crippen LogP contribution in [0.3, 0.4) is 0 Å². The van der Waals surface area contributed by atoms with Crippen molar-refractivity contribution in [2.75, 3.05) is 18.0 Å². The SMILES string of the molecule is CC(=O)c1cccc(N2CC(C)NC(C)C2)c1. The van der Waals surface area contributed by atoms with Gasteiger partial charge in [-0.25, -0.2) is 0 Å². The lowest BCUT2D eigenvalue weighted by molar-refractivity contribution is 0.101. The Morgan fingerprint density at radius 1 is 1.29 bits per heavy atom. The molecule has 1 heterocycles. The van der Waals surface area contributed by atoms with Crippen LogP contribution < -0.4 is 10.2 Å². The second kappa shape index (κ2) is 4.88.